The quantitative estimate of drug-likeness (QED) is 0.830. The Hall–Kier alpha value is -0.420. The molecular formula is C13H24N2O2S. The molecule has 0 aromatic rings. The number of carbonyl (C=O) groups excluding carboxylic acids is 1. The average molecular weight is 272 g/mol. The Morgan fingerprint density at radius 1 is 1.11 bits per heavy atom. The molecular weight excluding hydrogens is 248 g/mol. The molecule has 2 rings (SSSR count). The first-order valence-corrected chi connectivity index (χ1v) is 8.60. The highest BCUT2D eigenvalue weighted by molar-refractivity contribution is 7.85. The number of carbonyl (C=O) groups is 1. The van der Waals surface area contributed by atoms with Gasteiger partial charge in [0.25, 0.3) is 0 Å². The summed E-state index contributed by atoms with van der Waals surface area (Å²) in [5.74, 6) is 1.81. The summed E-state index contributed by atoms with van der Waals surface area (Å²) in [6, 6.07) is 0.388. The van der Waals surface area contributed by atoms with Crippen molar-refractivity contribution in [2.75, 3.05) is 31.1 Å². The van der Waals surface area contributed by atoms with Gasteiger partial charge >= 0.3 is 0 Å². The summed E-state index contributed by atoms with van der Waals surface area (Å²) in [5.41, 5.74) is 0. The monoisotopic (exact) mass is 272 g/mol. The van der Waals surface area contributed by atoms with Crippen LogP contribution in [-0.2, 0) is 15.6 Å². The fourth-order valence-corrected chi connectivity index (χ4v) is 3.96. The lowest BCUT2D eigenvalue weighted by molar-refractivity contribution is -0.130. The Morgan fingerprint density at radius 3 is 2.33 bits per heavy atom. The van der Waals surface area contributed by atoms with E-state index in [0.717, 1.165) is 50.3 Å². The first-order valence-electron chi connectivity index (χ1n) is 7.12. The van der Waals surface area contributed by atoms with E-state index in [2.05, 4.69) is 5.32 Å². The molecule has 0 unspecified atom stereocenters. The molecule has 1 amide bonds. The second-order valence-corrected chi connectivity index (χ2v) is 6.99. The number of amides is 1. The summed E-state index contributed by atoms with van der Waals surface area (Å²) in [5, 5.41) is 3.33. The van der Waals surface area contributed by atoms with Crippen LogP contribution in [0.5, 0.6) is 0 Å². The summed E-state index contributed by atoms with van der Waals surface area (Å²) in [6.45, 7) is 2.31. The van der Waals surface area contributed by atoms with Crippen molar-refractivity contribution in [2.45, 2.75) is 44.6 Å². The minimum Gasteiger partial charge on any atom is -0.342 e. The standard InChI is InChI=1S/C13H24N2O2S/c16-13(15-7-3-1-2-4-8-15)11-14-12-5-9-18(17)10-6-12/h12,14H,1-11H2. The molecule has 104 valence electrons. The van der Waals surface area contributed by atoms with Crippen LogP contribution in [-0.4, -0.2) is 52.2 Å². The predicted octanol–water partition coefficient (Wildman–Crippen LogP) is 0.890. The molecule has 0 aromatic heterocycles. The molecule has 0 aromatic carbocycles. The Kier molecular flexibility index (Phi) is 5.63. The van der Waals surface area contributed by atoms with E-state index in [0.29, 0.717) is 12.6 Å². The molecule has 0 bridgehead atoms. The summed E-state index contributed by atoms with van der Waals surface area (Å²) in [7, 11) is -0.617. The van der Waals surface area contributed by atoms with Gasteiger partial charge in [-0.15, -0.1) is 0 Å². The van der Waals surface area contributed by atoms with E-state index in [1.165, 1.54) is 12.8 Å². The average Bonchev–Trinajstić information content (AvgIpc) is 2.66. The molecule has 0 aliphatic carbocycles. The van der Waals surface area contributed by atoms with Gasteiger partial charge in [-0.05, 0) is 25.7 Å². The van der Waals surface area contributed by atoms with E-state index in [4.69, 9.17) is 0 Å². The van der Waals surface area contributed by atoms with Crippen LogP contribution in [0.2, 0.25) is 0 Å². The number of likely N-dealkylation sites (tertiary alicyclic amines) is 1. The minimum atomic E-state index is -0.617. The highest BCUT2D eigenvalue weighted by atomic mass is 32.2. The van der Waals surface area contributed by atoms with Gasteiger partial charge in [0.1, 0.15) is 0 Å². The molecule has 5 heteroatoms. The Labute approximate surface area is 112 Å². The second-order valence-electron chi connectivity index (χ2n) is 5.30. The van der Waals surface area contributed by atoms with E-state index >= 15 is 0 Å². The number of nitrogens with zero attached hydrogens (tertiary/aromatic N) is 1. The zero-order valence-electron chi connectivity index (χ0n) is 11.0. The lowest BCUT2D eigenvalue weighted by Crippen LogP contribution is -2.44. The van der Waals surface area contributed by atoms with Crippen LogP contribution >= 0.6 is 0 Å². The third-order valence-electron chi connectivity index (χ3n) is 3.89. The number of hydrogen-bond donors (Lipinski definition) is 1. The zero-order valence-corrected chi connectivity index (χ0v) is 11.8. The van der Waals surface area contributed by atoms with Crippen LogP contribution in [0.15, 0.2) is 0 Å². The van der Waals surface area contributed by atoms with E-state index in [1.807, 2.05) is 4.90 Å². The summed E-state index contributed by atoms with van der Waals surface area (Å²) in [6.07, 6.45) is 6.69. The van der Waals surface area contributed by atoms with E-state index < -0.39 is 10.8 Å². The first-order chi connectivity index (χ1) is 8.75. The molecule has 4 nitrogen and oxygen atoms in total. The maximum absolute atomic E-state index is 12.1. The van der Waals surface area contributed by atoms with Crippen molar-refractivity contribution >= 4 is 16.7 Å². The smallest absolute Gasteiger partial charge is 0.236 e. The third-order valence-corrected chi connectivity index (χ3v) is 5.27. The van der Waals surface area contributed by atoms with Crippen molar-refractivity contribution in [3.05, 3.63) is 0 Å². The second kappa shape index (κ2) is 7.24. The summed E-state index contributed by atoms with van der Waals surface area (Å²) >= 11 is 0. The fraction of sp³-hybridized carbons (Fsp3) is 0.923. The molecule has 18 heavy (non-hydrogen) atoms. The van der Waals surface area contributed by atoms with Crippen molar-refractivity contribution < 1.29 is 9.00 Å². The van der Waals surface area contributed by atoms with Crippen LogP contribution in [0.25, 0.3) is 0 Å². The van der Waals surface area contributed by atoms with Gasteiger partial charge in [-0.25, -0.2) is 0 Å². The molecule has 0 saturated carbocycles. The molecule has 0 spiro atoms. The van der Waals surface area contributed by atoms with Gasteiger partial charge in [0.2, 0.25) is 5.91 Å². The first kappa shape index (κ1) is 14.0. The van der Waals surface area contributed by atoms with Crippen molar-refractivity contribution in [1.29, 1.82) is 0 Å². The third kappa shape index (κ3) is 4.35. The minimum absolute atomic E-state index is 0.239. The largest absolute Gasteiger partial charge is 0.342 e. The van der Waals surface area contributed by atoms with Crippen molar-refractivity contribution in [2.24, 2.45) is 0 Å². The van der Waals surface area contributed by atoms with E-state index in [9.17, 15) is 9.00 Å². The van der Waals surface area contributed by atoms with Crippen molar-refractivity contribution in [1.82, 2.24) is 10.2 Å². The number of rotatable bonds is 3. The maximum atomic E-state index is 12.1. The lowest BCUT2D eigenvalue weighted by Gasteiger charge is -2.25. The molecule has 1 N–H and O–H groups in total. The molecule has 2 aliphatic rings. The van der Waals surface area contributed by atoms with Crippen LogP contribution < -0.4 is 5.32 Å². The van der Waals surface area contributed by atoms with Crippen LogP contribution in [0.3, 0.4) is 0 Å². The molecule has 0 atom stereocenters. The van der Waals surface area contributed by atoms with Gasteiger partial charge in [-0.1, -0.05) is 12.8 Å². The summed E-state index contributed by atoms with van der Waals surface area (Å²) < 4.78 is 11.2. The molecule has 2 fully saturated rings. The Morgan fingerprint density at radius 2 is 1.72 bits per heavy atom. The van der Waals surface area contributed by atoms with Gasteiger partial charge in [-0.3, -0.25) is 9.00 Å². The molecule has 0 radical (unpaired) electrons. The fourth-order valence-electron chi connectivity index (χ4n) is 2.66. The zero-order chi connectivity index (χ0) is 12.8. The van der Waals surface area contributed by atoms with Crippen LogP contribution in [0.1, 0.15) is 38.5 Å². The number of nitrogens with one attached hydrogen (secondary N) is 1. The van der Waals surface area contributed by atoms with Gasteiger partial charge in [0.15, 0.2) is 0 Å². The van der Waals surface area contributed by atoms with Crippen LogP contribution in [0, 0.1) is 0 Å². The maximum Gasteiger partial charge on any atom is 0.236 e. The summed E-state index contributed by atoms with van der Waals surface area (Å²) in [4.78, 5) is 14.1. The highest BCUT2D eigenvalue weighted by Gasteiger charge is 2.20. The van der Waals surface area contributed by atoms with Crippen molar-refractivity contribution in [3.8, 4) is 0 Å². The van der Waals surface area contributed by atoms with E-state index in [1.54, 1.807) is 0 Å². The van der Waals surface area contributed by atoms with Gasteiger partial charge in [0.05, 0.1) is 6.54 Å². The number of hydrogen-bond acceptors (Lipinski definition) is 3. The molecule has 2 aliphatic heterocycles. The van der Waals surface area contributed by atoms with Gasteiger partial charge in [-0.2, -0.15) is 0 Å². The highest BCUT2D eigenvalue weighted by Crippen LogP contribution is 2.11. The van der Waals surface area contributed by atoms with Gasteiger partial charge < -0.3 is 10.2 Å². The van der Waals surface area contributed by atoms with Crippen molar-refractivity contribution in [3.63, 3.8) is 0 Å². The normalized spacial score (nSPS) is 29.9. The Balaban J connectivity index is 1.68. The van der Waals surface area contributed by atoms with Gasteiger partial charge in [0, 0.05) is 41.4 Å². The van der Waals surface area contributed by atoms with E-state index in [-0.39, 0.29) is 5.91 Å². The Bertz CT molecular complexity index is 291. The molecule has 2 saturated heterocycles. The SMILES string of the molecule is O=C(CNC1CCS(=O)CC1)N1CCCCCC1. The predicted molar refractivity (Wildman–Crippen MR) is 73.9 cm³/mol. The lowest BCUT2D eigenvalue weighted by atomic mass is 10.1. The topological polar surface area (TPSA) is 49.4 Å². The van der Waals surface area contributed by atoms with Crippen LogP contribution in [0.4, 0.5) is 0 Å². The molecule has 2 heterocycles.